The summed E-state index contributed by atoms with van der Waals surface area (Å²) < 4.78 is 7.12. The summed E-state index contributed by atoms with van der Waals surface area (Å²) in [5.41, 5.74) is 2.95. The lowest BCUT2D eigenvalue weighted by molar-refractivity contribution is -0.147. The fourth-order valence-electron chi connectivity index (χ4n) is 3.30. The molecule has 152 valence electrons. The first-order chi connectivity index (χ1) is 14.5. The number of halogens is 1. The van der Waals surface area contributed by atoms with Crippen molar-refractivity contribution in [2.45, 2.75) is 25.9 Å². The lowest BCUT2D eigenvalue weighted by atomic mass is 9.92. The molecule has 30 heavy (non-hydrogen) atoms. The third kappa shape index (κ3) is 4.45. The van der Waals surface area contributed by atoms with Crippen LogP contribution >= 0.6 is 22.9 Å². The summed E-state index contributed by atoms with van der Waals surface area (Å²) in [4.78, 5) is 30.4. The highest BCUT2D eigenvalue weighted by molar-refractivity contribution is 7.15. The highest BCUT2D eigenvalue weighted by atomic mass is 35.5. The molecule has 2 aromatic carbocycles. The Morgan fingerprint density at radius 3 is 2.63 bits per heavy atom. The van der Waals surface area contributed by atoms with E-state index in [0.29, 0.717) is 22.1 Å². The van der Waals surface area contributed by atoms with Gasteiger partial charge in [0.15, 0.2) is 4.96 Å². The summed E-state index contributed by atoms with van der Waals surface area (Å²) in [6.45, 7) is 1.80. The minimum Gasteiger partial charge on any atom is -0.459 e. The van der Waals surface area contributed by atoms with E-state index in [2.05, 4.69) is 4.98 Å². The Hall–Kier alpha value is -2.96. The lowest BCUT2D eigenvalue weighted by Gasteiger charge is -2.17. The van der Waals surface area contributed by atoms with Crippen molar-refractivity contribution in [1.29, 1.82) is 0 Å². The number of ether oxygens (including phenoxy) is 1. The average Bonchev–Trinajstić information content (AvgIpc) is 3.13. The summed E-state index contributed by atoms with van der Waals surface area (Å²) in [5.74, 6) is -0.857. The summed E-state index contributed by atoms with van der Waals surface area (Å²) in [6.07, 6.45) is 0.501. The molecule has 2 heterocycles. The van der Waals surface area contributed by atoms with Crippen molar-refractivity contribution in [3.05, 3.63) is 104 Å². The van der Waals surface area contributed by atoms with Gasteiger partial charge < -0.3 is 4.74 Å². The minimum absolute atomic E-state index is 0.0552. The summed E-state index contributed by atoms with van der Waals surface area (Å²) in [7, 11) is 0. The summed E-state index contributed by atoms with van der Waals surface area (Å²) in [6, 6.07) is 18.4. The summed E-state index contributed by atoms with van der Waals surface area (Å²) >= 11 is 7.39. The zero-order valence-corrected chi connectivity index (χ0v) is 17.8. The largest absolute Gasteiger partial charge is 0.459 e. The second-order valence-corrected chi connectivity index (χ2v) is 8.26. The van der Waals surface area contributed by atoms with E-state index in [1.54, 1.807) is 16.5 Å². The minimum atomic E-state index is -0.488. The topological polar surface area (TPSA) is 60.7 Å². The third-order valence-corrected chi connectivity index (χ3v) is 6.03. The molecule has 4 aromatic rings. The highest BCUT2D eigenvalue weighted by Gasteiger charge is 2.23. The van der Waals surface area contributed by atoms with Gasteiger partial charge in [0.1, 0.15) is 6.61 Å². The number of carbonyl (C=O) groups excluding carboxylic acids is 1. The van der Waals surface area contributed by atoms with Gasteiger partial charge >= 0.3 is 5.97 Å². The van der Waals surface area contributed by atoms with Gasteiger partial charge in [0.25, 0.3) is 5.56 Å². The second kappa shape index (κ2) is 8.81. The molecule has 5 nitrogen and oxygen atoms in total. The predicted molar refractivity (Wildman–Crippen MR) is 118 cm³/mol. The Labute approximate surface area is 182 Å². The first-order valence-electron chi connectivity index (χ1n) is 9.44. The maximum atomic E-state index is 13.0. The average molecular weight is 439 g/mol. The number of aromatic nitrogens is 2. The number of thiazole rings is 1. The van der Waals surface area contributed by atoms with Crippen molar-refractivity contribution in [2.24, 2.45) is 0 Å². The predicted octanol–water partition coefficient (Wildman–Crippen LogP) is 4.79. The van der Waals surface area contributed by atoms with Crippen LogP contribution in [0.4, 0.5) is 0 Å². The Balaban J connectivity index is 1.55. The van der Waals surface area contributed by atoms with Crippen LogP contribution in [0.2, 0.25) is 5.02 Å². The molecule has 0 bridgehead atoms. The zero-order chi connectivity index (χ0) is 21.1. The van der Waals surface area contributed by atoms with Gasteiger partial charge in [0, 0.05) is 22.2 Å². The van der Waals surface area contributed by atoms with E-state index in [9.17, 15) is 9.59 Å². The van der Waals surface area contributed by atoms with Crippen LogP contribution in [0.25, 0.3) is 4.96 Å². The molecule has 7 heteroatoms. The van der Waals surface area contributed by atoms with Crippen molar-refractivity contribution in [2.75, 3.05) is 0 Å². The van der Waals surface area contributed by atoms with Crippen LogP contribution < -0.4 is 5.56 Å². The molecule has 0 radical (unpaired) electrons. The number of hydrogen-bond acceptors (Lipinski definition) is 5. The standard InChI is InChI=1S/C23H19ClN2O3S/c1-15-14-30-23-25-19(12-21(27)26(15)23)13-29-22(28)20(11-16-5-3-2-4-6-16)17-7-9-18(24)10-8-17/h2-10,12,14,20H,11,13H2,1H3. The molecule has 0 N–H and O–H groups in total. The normalized spacial score (nSPS) is 12.1. The fraction of sp³-hybridized carbons (Fsp3) is 0.174. The van der Waals surface area contributed by atoms with Crippen molar-refractivity contribution < 1.29 is 9.53 Å². The molecule has 0 spiro atoms. The number of esters is 1. The first-order valence-corrected chi connectivity index (χ1v) is 10.7. The van der Waals surface area contributed by atoms with E-state index < -0.39 is 5.92 Å². The van der Waals surface area contributed by atoms with Crippen LogP contribution in [0.5, 0.6) is 0 Å². The van der Waals surface area contributed by atoms with E-state index in [0.717, 1.165) is 16.8 Å². The first kappa shape index (κ1) is 20.3. The molecule has 0 saturated carbocycles. The lowest BCUT2D eigenvalue weighted by Crippen LogP contribution is -2.20. The number of fused-ring (bicyclic) bond motifs is 1. The van der Waals surface area contributed by atoms with Crippen LogP contribution in [0.15, 0.2) is 70.8 Å². The number of benzene rings is 2. The Bertz CT molecular complexity index is 1230. The molecular formula is C23H19ClN2O3S. The molecule has 4 rings (SSSR count). The van der Waals surface area contributed by atoms with Gasteiger partial charge in [0.2, 0.25) is 0 Å². The second-order valence-electron chi connectivity index (χ2n) is 6.98. The van der Waals surface area contributed by atoms with E-state index in [4.69, 9.17) is 16.3 Å². The van der Waals surface area contributed by atoms with Crippen LogP contribution in [-0.4, -0.2) is 15.4 Å². The monoisotopic (exact) mass is 438 g/mol. The van der Waals surface area contributed by atoms with E-state index in [-0.39, 0.29) is 18.1 Å². The molecule has 1 unspecified atom stereocenters. The Kier molecular flexibility index (Phi) is 5.97. The van der Waals surface area contributed by atoms with E-state index in [1.165, 1.54) is 17.4 Å². The SMILES string of the molecule is Cc1csc2nc(COC(=O)C(Cc3ccccc3)c3ccc(Cl)cc3)cc(=O)n12. The molecule has 0 aliphatic carbocycles. The molecule has 1 atom stereocenters. The number of hydrogen-bond donors (Lipinski definition) is 0. The molecule has 2 aromatic heterocycles. The van der Waals surface area contributed by atoms with Crippen LogP contribution in [0, 0.1) is 6.92 Å². The maximum Gasteiger partial charge on any atom is 0.314 e. The van der Waals surface area contributed by atoms with Gasteiger partial charge in [-0.2, -0.15) is 0 Å². The molecule has 0 aliphatic heterocycles. The quantitative estimate of drug-likeness (QED) is 0.406. The third-order valence-electron chi connectivity index (χ3n) is 4.83. The summed E-state index contributed by atoms with van der Waals surface area (Å²) in [5, 5.41) is 2.48. The fourth-order valence-corrected chi connectivity index (χ4v) is 4.32. The van der Waals surface area contributed by atoms with Crippen molar-refractivity contribution in [1.82, 2.24) is 9.38 Å². The molecular weight excluding hydrogens is 420 g/mol. The van der Waals surface area contributed by atoms with Gasteiger partial charge in [-0.25, -0.2) is 4.98 Å². The van der Waals surface area contributed by atoms with Gasteiger partial charge in [0.05, 0.1) is 11.6 Å². The van der Waals surface area contributed by atoms with Gasteiger partial charge in [-0.3, -0.25) is 14.0 Å². The number of aryl methyl sites for hydroxylation is 1. The molecule has 0 amide bonds. The van der Waals surface area contributed by atoms with Crippen molar-refractivity contribution >= 4 is 33.9 Å². The Morgan fingerprint density at radius 2 is 1.90 bits per heavy atom. The Morgan fingerprint density at radius 1 is 1.17 bits per heavy atom. The maximum absolute atomic E-state index is 13.0. The van der Waals surface area contributed by atoms with E-state index >= 15 is 0 Å². The number of rotatable bonds is 6. The molecule has 0 fully saturated rings. The van der Waals surface area contributed by atoms with Crippen LogP contribution in [0.3, 0.4) is 0 Å². The smallest absolute Gasteiger partial charge is 0.314 e. The van der Waals surface area contributed by atoms with Crippen molar-refractivity contribution in [3.8, 4) is 0 Å². The van der Waals surface area contributed by atoms with Gasteiger partial charge in [-0.15, -0.1) is 11.3 Å². The van der Waals surface area contributed by atoms with Crippen LogP contribution in [-0.2, 0) is 22.6 Å². The highest BCUT2D eigenvalue weighted by Crippen LogP contribution is 2.25. The molecule has 0 aliphatic rings. The number of carbonyl (C=O) groups is 1. The molecule has 0 saturated heterocycles. The van der Waals surface area contributed by atoms with Crippen molar-refractivity contribution in [3.63, 3.8) is 0 Å². The zero-order valence-electron chi connectivity index (χ0n) is 16.2. The van der Waals surface area contributed by atoms with Crippen LogP contribution in [0.1, 0.15) is 28.4 Å². The van der Waals surface area contributed by atoms with Gasteiger partial charge in [-0.05, 0) is 36.6 Å². The number of nitrogens with zero attached hydrogens (tertiary/aromatic N) is 2. The van der Waals surface area contributed by atoms with Gasteiger partial charge in [-0.1, -0.05) is 54.1 Å². The van der Waals surface area contributed by atoms with E-state index in [1.807, 2.05) is 54.8 Å².